The summed E-state index contributed by atoms with van der Waals surface area (Å²) in [5.41, 5.74) is 0.811. The van der Waals surface area contributed by atoms with Gasteiger partial charge in [-0.05, 0) is 37.1 Å². The molecule has 1 aromatic heterocycles. The third kappa shape index (κ3) is 3.43. The Balaban J connectivity index is 2.34. The van der Waals surface area contributed by atoms with E-state index in [2.05, 4.69) is 13.0 Å². The van der Waals surface area contributed by atoms with Crippen molar-refractivity contribution in [1.82, 2.24) is 0 Å². The van der Waals surface area contributed by atoms with E-state index in [9.17, 15) is 0 Å². The van der Waals surface area contributed by atoms with Crippen molar-refractivity contribution < 1.29 is 4.74 Å². The molecule has 5 heteroatoms. The van der Waals surface area contributed by atoms with Gasteiger partial charge in [0.25, 0.3) is 0 Å². The number of ether oxygens (including phenoxy) is 1. The second kappa shape index (κ2) is 7.04. The first-order valence-electron chi connectivity index (χ1n) is 6.41. The smallest absolute Gasteiger partial charge is 0.139 e. The Hall–Kier alpha value is -0.410. The standard InChI is InChI=1S/C15H15Cl3OS/c1-3-9-5-6-14(20-9)15(18)10-7-12(17)13(19-4-2)8-11(10)16/h5-8,15H,3-4H2,1-2H3. The minimum Gasteiger partial charge on any atom is -0.492 e. The first kappa shape index (κ1) is 16.0. The molecule has 1 nitrogen and oxygen atoms in total. The number of benzene rings is 1. The van der Waals surface area contributed by atoms with Gasteiger partial charge in [0.1, 0.15) is 5.75 Å². The van der Waals surface area contributed by atoms with Crippen molar-refractivity contribution in [3.63, 3.8) is 0 Å². The summed E-state index contributed by atoms with van der Waals surface area (Å²) in [6.45, 7) is 4.57. The van der Waals surface area contributed by atoms with E-state index in [1.54, 1.807) is 23.5 Å². The largest absolute Gasteiger partial charge is 0.492 e. The molecule has 0 fully saturated rings. The Morgan fingerprint density at radius 1 is 1.15 bits per heavy atom. The molecular formula is C15H15Cl3OS. The average molecular weight is 350 g/mol. The monoisotopic (exact) mass is 348 g/mol. The lowest BCUT2D eigenvalue weighted by atomic mass is 10.1. The number of alkyl halides is 1. The fourth-order valence-corrected chi connectivity index (χ4v) is 3.76. The average Bonchev–Trinajstić information content (AvgIpc) is 2.91. The lowest BCUT2D eigenvalue weighted by Gasteiger charge is -2.13. The second-order valence-corrected chi connectivity index (χ2v) is 6.71. The van der Waals surface area contributed by atoms with Gasteiger partial charge in [-0.25, -0.2) is 0 Å². The number of aryl methyl sites for hydroxylation is 1. The third-order valence-electron chi connectivity index (χ3n) is 2.90. The highest BCUT2D eigenvalue weighted by atomic mass is 35.5. The number of hydrogen-bond donors (Lipinski definition) is 0. The van der Waals surface area contributed by atoms with Crippen molar-refractivity contribution in [2.75, 3.05) is 6.61 Å². The third-order valence-corrected chi connectivity index (χ3v) is 5.42. The van der Waals surface area contributed by atoms with E-state index in [0.29, 0.717) is 22.4 Å². The topological polar surface area (TPSA) is 9.23 Å². The summed E-state index contributed by atoms with van der Waals surface area (Å²) >= 11 is 20.7. The molecule has 0 saturated carbocycles. The fraction of sp³-hybridized carbons (Fsp3) is 0.333. The molecule has 1 heterocycles. The zero-order valence-corrected chi connectivity index (χ0v) is 14.3. The quantitative estimate of drug-likeness (QED) is 0.572. The summed E-state index contributed by atoms with van der Waals surface area (Å²) in [4.78, 5) is 2.38. The second-order valence-electron chi connectivity index (χ2n) is 4.26. The Morgan fingerprint density at radius 3 is 2.50 bits per heavy atom. The maximum absolute atomic E-state index is 6.54. The van der Waals surface area contributed by atoms with Crippen LogP contribution in [0.1, 0.15) is 34.5 Å². The fourth-order valence-electron chi connectivity index (χ4n) is 1.88. The van der Waals surface area contributed by atoms with E-state index < -0.39 is 0 Å². The SMILES string of the molecule is CCOc1cc(Cl)c(C(Cl)c2ccc(CC)s2)cc1Cl. The first-order chi connectivity index (χ1) is 9.56. The number of rotatable bonds is 5. The molecule has 2 rings (SSSR count). The normalized spacial score (nSPS) is 12.4. The van der Waals surface area contributed by atoms with Crippen LogP contribution in [0, 0.1) is 0 Å². The van der Waals surface area contributed by atoms with Crippen LogP contribution in [-0.2, 0) is 6.42 Å². The molecule has 0 aliphatic heterocycles. The molecule has 0 saturated heterocycles. The zero-order chi connectivity index (χ0) is 14.7. The minimum absolute atomic E-state index is 0.291. The van der Waals surface area contributed by atoms with Gasteiger partial charge in [-0.3, -0.25) is 0 Å². The highest BCUT2D eigenvalue weighted by Gasteiger charge is 2.18. The van der Waals surface area contributed by atoms with E-state index in [-0.39, 0.29) is 5.38 Å². The van der Waals surface area contributed by atoms with Gasteiger partial charge < -0.3 is 4.74 Å². The van der Waals surface area contributed by atoms with Crippen molar-refractivity contribution in [1.29, 1.82) is 0 Å². The lowest BCUT2D eigenvalue weighted by Crippen LogP contribution is -1.96. The summed E-state index contributed by atoms with van der Waals surface area (Å²) in [7, 11) is 0. The maximum atomic E-state index is 6.54. The molecule has 1 unspecified atom stereocenters. The van der Waals surface area contributed by atoms with Gasteiger partial charge in [0.05, 0.1) is 17.0 Å². The van der Waals surface area contributed by atoms with E-state index in [4.69, 9.17) is 39.5 Å². The Morgan fingerprint density at radius 2 is 1.90 bits per heavy atom. The van der Waals surface area contributed by atoms with Crippen LogP contribution in [0.3, 0.4) is 0 Å². The summed E-state index contributed by atoms with van der Waals surface area (Å²) in [6.07, 6.45) is 1.01. The van der Waals surface area contributed by atoms with Crippen LogP contribution in [0.15, 0.2) is 24.3 Å². The Kier molecular flexibility index (Phi) is 5.62. The van der Waals surface area contributed by atoms with E-state index in [1.165, 1.54) is 4.88 Å². The van der Waals surface area contributed by atoms with Crippen molar-refractivity contribution >= 4 is 46.1 Å². The van der Waals surface area contributed by atoms with Gasteiger partial charge in [-0.1, -0.05) is 30.1 Å². The van der Waals surface area contributed by atoms with Crippen LogP contribution in [0.4, 0.5) is 0 Å². The van der Waals surface area contributed by atoms with Crippen molar-refractivity contribution in [3.8, 4) is 5.75 Å². The predicted molar refractivity (Wildman–Crippen MR) is 89.0 cm³/mol. The Bertz CT molecular complexity index is 595. The van der Waals surface area contributed by atoms with Crippen LogP contribution in [-0.4, -0.2) is 6.61 Å². The molecule has 1 atom stereocenters. The highest BCUT2D eigenvalue weighted by molar-refractivity contribution is 7.12. The molecule has 0 radical (unpaired) electrons. The molecule has 0 aliphatic carbocycles. The van der Waals surface area contributed by atoms with Crippen molar-refractivity contribution in [3.05, 3.63) is 49.6 Å². The molecule has 0 N–H and O–H groups in total. The summed E-state index contributed by atoms with van der Waals surface area (Å²) in [6, 6.07) is 7.66. The van der Waals surface area contributed by atoms with Gasteiger partial charge in [0.15, 0.2) is 0 Å². The van der Waals surface area contributed by atoms with Gasteiger partial charge >= 0.3 is 0 Å². The molecule has 20 heavy (non-hydrogen) atoms. The molecule has 0 amide bonds. The number of halogens is 3. The molecule has 1 aromatic carbocycles. The number of thiophene rings is 1. The van der Waals surface area contributed by atoms with Crippen LogP contribution in [0.5, 0.6) is 5.75 Å². The van der Waals surface area contributed by atoms with Crippen LogP contribution in [0.2, 0.25) is 10.0 Å². The molecular weight excluding hydrogens is 335 g/mol. The zero-order valence-electron chi connectivity index (χ0n) is 11.3. The van der Waals surface area contributed by atoms with Crippen LogP contribution < -0.4 is 4.74 Å². The molecule has 2 aromatic rings. The Labute approximate surface area is 138 Å². The molecule has 0 bridgehead atoms. The molecule has 0 aliphatic rings. The first-order valence-corrected chi connectivity index (χ1v) is 8.42. The van der Waals surface area contributed by atoms with E-state index in [1.807, 2.05) is 13.0 Å². The van der Waals surface area contributed by atoms with Crippen LogP contribution in [0.25, 0.3) is 0 Å². The van der Waals surface area contributed by atoms with Gasteiger partial charge in [0.2, 0.25) is 0 Å². The highest BCUT2D eigenvalue weighted by Crippen LogP contribution is 2.41. The molecule has 108 valence electrons. The summed E-state index contributed by atoms with van der Waals surface area (Å²) in [5, 5.41) is 0.814. The van der Waals surface area contributed by atoms with Crippen LogP contribution >= 0.6 is 46.1 Å². The van der Waals surface area contributed by atoms with Gasteiger partial charge in [-0.15, -0.1) is 22.9 Å². The lowest BCUT2D eigenvalue weighted by molar-refractivity contribution is 0.340. The van der Waals surface area contributed by atoms with Crippen molar-refractivity contribution in [2.45, 2.75) is 25.6 Å². The van der Waals surface area contributed by atoms with Crippen molar-refractivity contribution in [2.24, 2.45) is 0 Å². The predicted octanol–water partition coefficient (Wildman–Crippen LogP) is 6.34. The maximum Gasteiger partial charge on any atom is 0.139 e. The van der Waals surface area contributed by atoms with Gasteiger partial charge in [0, 0.05) is 20.8 Å². The summed E-state index contributed by atoms with van der Waals surface area (Å²) in [5.74, 6) is 0.590. The number of hydrogen-bond acceptors (Lipinski definition) is 2. The van der Waals surface area contributed by atoms with Gasteiger partial charge in [-0.2, -0.15) is 0 Å². The summed E-state index contributed by atoms with van der Waals surface area (Å²) < 4.78 is 5.42. The molecule has 0 spiro atoms. The minimum atomic E-state index is -0.291. The van der Waals surface area contributed by atoms with E-state index in [0.717, 1.165) is 16.9 Å². The van der Waals surface area contributed by atoms with E-state index >= 15 is 0 Å².